The van der Waals surface area contributed by atoms with Crippen molar-refractivity contribution in [3.63, 3.8) is 0 Å². The number of benzene rings is 2. The van der Waals surface area contributed by atoms with Gasteiger partial charge in [0, 0.05) is 22.4 Å². The molecule has 0 spiro atoms. The summed E-state index contributed by atoms with van der Waals surface area (Å²) in [6.07, 6.45) is -2.12. The number of hydrogen-bond donors (Lipinski definition) is 1. The predicted molar refractivity (Wildman–Crippen MR) is 123 cm³/mol. The molecule has 33 heavy (non-hydrogen) atoms. The minimum absolute atomic E-state index is 0.0538. The summed E-state index contributed by atoms with van der Waals surface area (Å²) in [5.74, 6) is 0.625. The Hall–Kier alpha value is -3.26. The van der Waals surface area contributed by atoms with Crippen molar-refractivity contribution in [1.82, 2.24) is 15.0 Å². The van der Waals surface area contributed by atoms with Gasteiger partial charge in [-0.15, -0.1) is 11.3 Å². The number of aromatic nitrogens is 3. The van der Waals surface area contributed by atoms with Gasteiger partial charge in [0.15, 0.2) is 5.78 Å². The second-order valence-electron chi connectivity index (χ2n) is 8.13. The summed E-state index contributed by atoms with van der Waals surface area (Å²) >= 11 is 1.41. The van der Waals surface area contributed by atoms with Crippen molar-refractivity contribution < 1.29 is 18.0 Å². The van der Waals surface area contributed by atoms with E-state index in [1.54, 1.807) is 17.0 Å². The predicted octanol–water partition coefficient (Wildman–Crippen LogP) is 6.92. The highest BCUT2D eigenvalue weighted by Crippen LogP contribution is 2.32. The lowest BCUT2D eigenvalue weighted by Gasteiger charge is -2.18. The zero-order chi connectivity index (χ0) is 23.6. The summed E-state index contributed by atoms with van der Waals surface area (Å²) < 4.78 is 39.0. The third kappa shape index (κ3) is 5.22. The summed E-state index contributed by atoms with van der Waals surface area (Å²) in [6.45, 7) is 3.98. The summed E-state index contributed by atoms with van der Waals surface area (Å²) in [6, 6.07) is 13.0. The molecule has 4 rings (SSSR count). The fraction of sp³-hybridized carbons (Fsp3) is 0.240. The lowest BCUT2D eigenvalue weighted by molar-refractivity contribution is -0.137. The Balaban J connectivity index is 1.45. The number of alkyl halides is 3. The molecule has 0 saturated carbocycles. The van der Waals surface area contributed by atoms with E-state index in [2.05, 4.69) is 21.9 Å². The van der Waals surface area contributed by atoms with Gasteiger partial charge >= 0.3 is 6.18 Å². The fourth-order valence-corrected chi connectivity index (χ4v) is 4.19. The van der Waals surface area contributed by atoms with Crippen LogP contribution in [0.1, 0.15) is 35.5 Å². The van der Waals surface area contributed by atoms with E-state index < -0.39 is 11.7 Å². The molecule has 0 fully saturated rings. The normalized spacial score (nSPS) is 13.6. The molecule has 0 radical (unpaired) electrons. The molecule has 0 saturated heterocycles. The third-order valence-electron chi connectivity index (χ3n) is 5.81. The number of imidazole rings is 1. The maximum absolute atomic E-state index is 13.0. The average molecular weight is 470 g/mol. The van der Waals surface area contributed by atoms with Crippen LogP contribution in [0.3, 0.4) is 0 Å². The molecule has 4 nitrogen and oxygen atoms in total. The minimum atomic E-state index is -4.39. The highest BCUT2D eigenvalue weighted by Gasteiger charge is 2.30. The molecule has 2 atom stereocenters. The van der Waals surface area contributed by atoms with E-state index in [4.69, 9.17) is 0 Å². The average Bonchev–Trinajstić information content (AvgIpc) is 3.51. The van der Waals surface area contributed by atoms with Gasteiger partial charge in [0.05, 0.1) is 23.0 Å². The van der Waals surface area contributed by atoms with Gasteiger partial charge in [-0.3, -0.25) is 4.79 Å². The molecule has 8 heteroatoms. The number of nitrogens with zero attached hydrogens (tertiary/aromatic N) is 2. The summed E-state index contributed by atoms with van der Waals surface area (Å²) in [7, 11) is 0. The van der Waals surface area contributed by atoms with Crippen LogP contribution in [-0.4, -0.2) is 20.7 Å². The Morgan fingerprint density at radius 3 is 2.48 bits per heavy atom. The van der Waals surface area contributed by atoms with Crippen molar-refractivity contribution in [2.75, 3.05) is 0 Å². The first-order valence-corrected chi connectivity index (χ1v) is 11.4. The van der Waals surface area contributed by atoms with E-state index in [1.807, 2.05) is 31.2 Å². The van der Waals surface area contributed by atoms with Crippen LogP contribution in [0.5, 0.6) is 0 Å². The van der Waals surface area contributed by atoms with E-state index >= 15 is 0 Å². The molecule has 0 aliphatic heterocycles. The second kappa shape index (κ2) is 9.31. The van der Waals surface area contributed by atoms with Crippen molar-refractivity contribution >= 4 is 17.1 Å². The Bertz CT molecular complexity index is 1230. The molecular weight excluding hydrogens is 447 g/mol. The van der Waals surface area contributed by atoms with Crippen LogP contribution in [0.2, 0.25) is 0 Å². The molecule has 0 aliphatic carbocycles. The first-order valence-electron chi connectivity index (χ1n) is 10.5. The van der Waals surface area contributed by atoms with Crippen molar-refractivity contribution in [3.8, 4) is 22.6 Å². The van der Waals surface area contributed by atoms with Crippen molar-refractivity contribution in [2.45, 2.75) is 26.4 Å². The number of Topliss-reactive ketones (excluding diaryl/α,β-unsaturated/α-hetero) is 1. The van der Waals surface area contributed by atoms with E-state index in [0.717, 1.165) is 29.7 Å². The molecule has 2 aromatic heterocycles. The fourth-order valence-electron chi connectivity index (χ4n) is 3.65. The summed E-state index contributed by atoms with van der Waals surface area (Å²) in [5, 5.41) is 1.78. The van der Waals surface area contributed by atoms with Gasteiger partial charge in [0.2, 0.25) is 0 Å². The van der Waals surface area contributed by atoms with Crippen LogP contribution in [0.25, 0.3) is 22.6 Å². The van der Waals surface area contributed by atoms with Gasteiger partial charge in [-0.2, -0.15) is 13.2 Å². The highest BCUT2D eigenvalue weighted by molar-refractivity contribution is 7.07. The lowest BCUT2D eigenvalue weighted by Crippen LogP contribution is -2.21. The first-order chi connectivity index (χ1) is 15.7. The number of nitrogens with one attached hydrogen (secondary N) is 1. The molecule has 0 bridgehead atoms. The standard InChI is InChI=1S/C25H22F3N3OS/c1-15(16(2)23(32)22-13-33-14-30-22)10-17-6-8-18(9-7-17)24-29-12-21(31-24)19-4-3-5-20(11-19)25(26,27)28/h3-9,11-16H,10H2,1-2H3,(H,29,31). The molecule has 2 aromatic carbocycles. The number of halogens is 3. The second-order valence-corrected chi connectivity index (χ2v) is 8.85. The molecule has 1 N–H and O–H groups in total. The van der Waals surface area contributed by atoms with Crippen LogP contribution >= 0.6 is 11.3 Å². The van der Waals surface area contributed by atoms with Crippen LogP contribution in [-0.2, 0) is 12.6 Å². The lowest BCUT2D eigenvalue weighted by atomic mass is 9.86. The quantitative estimate of drug-likeness (QED) is 0.299. The van der Waals surface area contributed by atoms with Crippen LogP contribution < -0.4 is 0 Å². The SMILES string of the molecule is CC(Cc1ccc(-c2ncc(-c3cccc(C(F)(F)F)c3)[nH]2)cc1)C(C)C(=O)c1cscn1. The smallest absolute Gasteiger partial charge is 0.338 e. The third-order valence-corrected chi connectivity index (χ3v) is 6.40. The number of H-pyrrole nitrogens is 1. The summed E-state index contributed by atoms with van der Waals surface area (Å²) in [5.41, 5.74) is 4.35. The van der Waals surface area contributed by atoms with Gasteiger partial charge in [-0.1, -0.05) is 50.2 Å². The molecule has 2 heterocycles. The van der Waals surface area contributed by atoms with Gasteiger partial charge in [-0.25, -0.2) is 9.97 Å². The highest BCUT2D eigenvalue weighted by atomic mass is 32.1. The Morgan fingerprint density at radius 2 is 1.82 bits per heavy atom. The van der Waals surface area contributed by atoms with Crippen molar-refractivity contribution in [3.05, 3.63) is 82.4 Å². The number of carbonyl (C=O) groups is 1. The number of hydrogen-bond acceptors (Lipinski definition) is 4. The maximum atomic E-state index is 13.0. The van der Waals surface area contributed by atoms with E-state index in [9.17, 15) is 18.0 Å². The van der Waals surface area contributed by atoms with Crippen LogP contribution in [0.15, 0.2) is 65.6 Å². The molecule has 4 aromatic rings. The number of thiazole rings is 1. The monoisotopic (exact) mass is 469 g/mol. The topological polar surface area (TPSA) is 58.6 Å². The zero-order valence-electron chi connectivity index (χ0n) is 18.1. The van der Waals surface area contributed by atoms with Gasteiger partial charge in [-0.05, 0) is 30.0 Å². The Labute approximate surface area is 193 Å². The Morgan fingerprint density at radius 1 is 1.06 bits per heavy atom. The Kier molecular flexibility index (Phi) is 6.47. The zero-order valence-corrected chi connectivity index (χ0v) is 18.9. The van der Waals surface area contributed by atoms with Crippen molar-refractivity contribution in [1.29, 1.82) is 0 Å². The van der Waals surface area contributed by atoms with Gasteiger partial charge < -0.3 is 4.98 Å². The van der Waals surface area contributed by atoms with Gasteiger partial charge in [0.1, 0.15) is 11.5 Å². The van der Waals surface area contributed by atoms with Crippen LogP contribution in [0.4, 0.5) is 13.2 Å². The number of carbonyl (C=O) groups excluding carboxylic acids is 1. The van der Waals surface area contributed by atoms with E-state index in [-0.39, 0.29) is 17.6 Å². The largest absolute Gasteiger partial charge is 0.416 e. The first kappa shape index (κ1) is 22.9. The maximum Gasteiger partial charge on any atom is 0.416 e. The van der Waals surface area contributed by atoms with Crippen molar-refractivity contribution in [2.24, 2.45) is 11.8 Å². The molecular formula is C25H22F3N3OS. The molecule has 0 amide bonds. The molecule has 0 aliphatic rings. The van der Waals surface area contributed by atoms with E-state index in [0.29, 0.717) is 22.8 Å². The summed E-state index contributed by atoms with van der Waals surface area (Å²) in [4.78, 5) is 24.1. The van der Waals surface area contributed by atoms with Gasteiger partial charge in [0.25, 0.3) is 0 Å². The number of rotatable bonds is 7. The molecule has 2 unspecified atom stereocenters. The minimum Gasteiger partial charge on any atom is -0.338 e. The molecule has 170 valence electrons. The van der Waals surface area contributed by atoms with Crippen LogP contribution in [0, 0.1) is 11.8 Å². The number of ketones is 1. The number of aromatic amines is 1. The van der Waals surface area contributed by atoms with E-state index in [1.165, 1.54) is 23.6 Å².